The van der Waals surface area contributed by atoms with Gasteiger partial charge in [-0.3, -0.25) is 4.90 Å². The summed E-state index contributed by atoms with van der Waals surface area (Å²) in [4.78, 5) is 19.0. The molecule has 0 bridgehead atoms. The molecule has 2 amide bonds. The van der Waals surface area contributed by atoms with Crippen LogP contribution in [0.3, 0.4) is 0 Å². The van der Waals surface area contributed by atoms with Gasteiger partial charge in [0.15, 0.2) is 0 Å². The van der Waals surface area contributed by atoms with Crippen molar-refractivity contribution >= 4 is 6.03 Å². The lowest BCUT2D eigenvalue weighted by atomic mass is 9.93. The highest BCUT2D eigenvalue weighted by atomic mass is 16.2. The van der Waals surface area contributed by atoms with Crippen molar-refractivity contribution < 1.29 is 4.79 Å². The standard InChI is InChI=1S/C20H32N4O/c1-22-13-15-24(16-14-22)20(25)21-10-7-18-8-11-23(12-9-18)17-19-5-3-2-4-6-19/h2-6,18H,7-17H2,1H3,(H,21,25). The third-order valence-corrected chi connectivity index (χ3v) is 5.58. The molecule has 0 unspecified atom stereocenters. The summed E-state index contributed by atoms with van der Waals surface area (Å²) in [6.45, 7) is 7.88. The Bertz CT molecular complexity index is 520. The van der Waals surface area contributed by atoms with E-state index in [-0.39, 0.29) is 6.03 Å². The topological polar surface area (TPSA) is 38.8 Å². The molecule has 1 aromatic carbocycles. The van der Waals surface area contributed by atoms with Crippen molar-refractivity contribution in [3.63, 3.8) is 0 Å². The molecule has 1 N–H and O–H groups in total. The maximum Gasteiger partial charge on any atom is 0.317 e. The summed E-state index contributed by atoms with van der Waals surface area (Å²) in [6, 6.07) is 10.8. The van der Waals surface area contributed by atoms with Gasteiger partial charge >= 0.3 is 6.03 Å². The highest BCUT2D eigenvalue weighted by Gasteiger charge is 2.21. The summed E-state index contributed by atoms with van der Waals surface area (Å²) in [5, 5.41) is 3.12. The highest BCUT2D eigenvalue weighted by Crippen LogP contribution is 2.21. The number of nitrogens with zero attached hydrogens (tertiary/aromatic N) is 3. The van der Waals surface area contributed by atoms with E-state index in [0.717, 1.165) is 51.6 Å². The first kappa shape index (κ1) is 18.2. The van der Waals surface area contributed by atoms with Gasteiger partial charge in [-0.2, -0.15) is 0 Å². The average Bonchev–Trinajstić information content (AvgIpc) is 2.64. The van der Waals surface area contributed by atoms with Crippen LogP contribution in [0.25, 0.3) is 0 Å². The van der Waals surface area contributed by atoms with E-state index in [4.69, 9.17) is 0 Å². The number of piperidine rings is 1. The fourth-order valence-electron chi connectivity index (χ4n) is 3.78. The van der Waals surface area contributed by atoms with Gasteiger partial charge in [-0.1, -0.05) is 30.3 Å². The van der Waals surface area contributed by atoms with Gasteiger partial charge in [0.1, 0.15) is 0 Å². The number of hydrogen-bond donors (Lipinski definition) is 1. The van der Waals surface area contributed by atoms with Crippen LogP contribution in [0.2, 0.25) is 0 Å². The molecule has 2 fully saturated rings. The first-order valence-electron chi connectivity index (χ1n) is 9.68. The predicted molar refractivity (Wildman–Crippen MR) is 102 cm³/mol. The normalized spacial score (nSPS) is 20.6. The van der Waals surface area contributed by atoms with Crippen LogP contribution in [0.5, 0.6) is 0 Å². The summed E-state index contributed by atoms with van der Waals surface area (Å²) < 4.78 is 0. The molecular weight excluding hydrogens is 312 g/mol. The molecule has 0 spiro atoms. The predicted octanol–water partition coefficient (Wildman–Crippen LogP) is 2.25. The monoisotopic (exact) mass is 344 g/mol. The highest BCUT2D eigenvalue weighted by molar-refractivity contribution is 5.74. The van der Waals surface area contributed by atoms with Crippen LogP contribution in [-0.2, 0) is 6.54 Å². The number of rotatable bonds is 5. The van der Waals surface area contributed by atoms with E-state index in [0.29, 0.717) is 0 Å². The number of urea groups is 1. The fourth-order valence-corrected chi connectivity index (χ4v) is 3.78. The molecule has 25 heavy (non-hydrogen) atoms. The van der Waals surface area contributed by atoms with Crippen LogP contribution >= 0.6 is 0 Å². The first-order chi connectivity index (χ1) is 12.2. The molecule has 3 rings (SSSR count). The lowest BCUT2D eigenvalue weighted by molar-refractivity contribution is 0.151. The second-order valence-corrected chi connectivity index (χ2v) is 7.52. The molecule has 5 heteroatoms. The summed E-state index contributed by atoms with van der Waals surface area (Å²) in [7, 11) is 2.11. The Hall–Kier alpha value is -1.59. The molecule has 2 aliphatic heterocycles. The summed E-state index contributed by atoms with van der Waals surface area (Å²) in [6.07, 6.45) is 3.60. The molecule has 138 valence electrons. The second-order valence-electron chi connectivity index (χ2n) is 7.52. The van der Waals surface area contributed by atoms with Gasteiger partial charge in [0, 0.05) is 39.3 Å². The van der Waals surface area contributed by atoms with Crippen molar-refractivity contribution in [3.8, 4) is 0 Å². The molecule has 2 saturated heterocycles. The van der Waals surface area contributed by atoms with E-state index in [2.05, 4.69) is 52.5 Å². The first-order valence-corrected chi connectivity index (χ1v) is 9.68. The number of piperazine rings is 1. The zero-order valence-corrected chi connectivity index (χ0v) is 15.5. The number of likely N-dealkylation sites (N-methyl/N-ethyl adjacent to an activating group) is 1. The number of benzene rings is 1. The zero-order valence-electron chi connectivity index (χ0n) is 15.5. The number of carbonyl (C=O) groups excluding carboxylic acids is 1. The minimum atomic E-state index is 0.120. The Balaban J connectivity index is 1.29. The van der Waals surface area contributed by atoms with E-state index in [1.807, 2.05) is 4.90 Å². The smallest absolute Gasteiger partial charge is 0.317 e. The van der Waals surface area contributed by atoms with Crippen LogP contribution in [0.1, 0.15) is 24.8 Å². The Morgan fingerprint density at radius 2 is 1.72 bits per heavy atom. The van der Waals surface area contributed by atoms with Gasteiger partial charge in [-0.05, 0) is 50.9 Å². The van der Waals surface area contributed by atoms with Crippen LogP contribution < -0.4 is 5.32 Å². The number of nitrogens with one attached hydrogen (secondary N) is 1. The second kappa shape index (κ2) is 9.20. The molecule has 0 radical (unpaired) electrons. The minimum absolute atomic E-state index is 0.120. The van der Waals surface area contributed by atoms with E-state index in [9.17, 15) is 4.79 Å². The van der Waals surface area contributed by atoms with Crippen molar-refractivity contribution in [2.24, 2.45) is 5.92 Å². The van der Waals surface area contributed by atoms with Gasteiger partial charge < -0.3 is 15.1 Å². The lowest BCUT2D eigenvalue weighted by Crippen LogP contribution is -2.50. The molecule has 1 aromatic rings. The number of amides is 2. The molecule has 0 aromatic heterocycles. The van der Waals surface area contributed by atoms with Crippen molar-refractivity contribution in [2.45, 2.75) is 25.8 Å². The van der Waals surface area contributed by atoms with Crippen LogP contribution in [-0.4, -0.2) is 73.6 Å². The zero-order chi connectivity index (χ0) is 17.5. The van der Waals surface area contributed by atoms with Gasteiger partial charge in [0.05, 0.1) is 0 Å². The third-order valence-electron chi connectivity index (χ3n) is 5.58. The quantitative estimate of drug-likeness (QED) is 0.890. The van der Waals surface area contributed by atoms with E-state index in [1.165, 1.54) is 31.5 Å². The number of hydrogen-bond acceptors (Lipinski definition) is 3. The van der Waals surface area contributed by atoms with Crippen molar-refractivity contribution in [1.82, 2.24) is 20.0 Å². The Morgan fingerprint density at radius 3 is 2.40 bits per heavy atom. The molecule has 2 heterocycles. The lowest BCUT2D eigenvalue weighted by Gasteiger charge is -2.33. The largest absolute Gasteiger partial charge is 0.338 e. The van der Waals surface area contributed by atoms with Gasteiger partial charge in [-0.25, -0.2) is 4.79 Å². The van der Waals surface area contributed by atoms with E-state index < -0.39 is 0 Å². The average molecular weight is 345 g/mol. The van der Waals surface area contributed by atoms with Crippen LogP contribution in [0.15, 0.2) is 30.3 Å². The molecular formula is C20H32N4O. The van der Waals surface area contributed by atoms with Gasteiger partial charge in [-0.15, -0.1) is 0 Å². The van der Waals surface area contributed by atoms with Crippen molar-refractivity contribution in [1.29, 1.82) is 0 Å². The SMILES string of the molecule is CN1CCN(C(=O)NCCC2CCN(Cc3ccccc3)CC2)CC1. The van der Waals surface area contributed by atoms with Gasteiger partial charge in [0.25, 0.3) is 0 Å². The Kier molecular flexibility index (Phi) is 6.70. The third kappa shape index (κ3) is 5.72. The molecule has 0 aliphatic carbocycles. The number of likely N-dealkylation sites (tertiary alicyclic amines) is 1. The summed E-state index contributed by atoms with van der Waals surface area (Å²) in [5.41, 5.74) is 1.40. The van der Waals surface area contributed by atoms with Crippen LogP contribution in [0.4, 0.5) is 4.79 Å². The summed E-state index contributed by atoms with van der Waals surface area (Å²) in [5.74, 6) is 0.750. The Labute approximate surface area is 152 Å². The summed E-state index contributed by atoms with van der Waals surface area (Å²) >= 11 is 0. The molecule has 0 saturated carbocycles. The van der Waals surface area contributed by atoms with Crippen molar-refractivity contribution in [3.05, 3.63) is 35.9 Å². The van der Waals surface area contributed by atoms with E-state index >= 15 is 0 Å². The van der Waals surface area contributed by atoms with Gasteiger partial charge in [0.2, 0.25) is 0 Å². The minimum Gasteiger partial charge on any atom is -0.338 e. The molecule has 2 aliphatic rings. The number of carbonyl (C=O) groups is 1. The molecule has 5 nitrogen and oxygen atoms in total. The maximum atomic E-state index is 12.2. The van der Waals surface area contributed by atoms with Crippen LogP contribution in [0, 0.1) is 5.92 Å². The fraction of sp³-hybridized carbons (Fsp3) is 0.650. The Morgan fingerprint density at radius 1 is 1.04 bits per heavy atom. The maximum absolute atomic E-state index is 12.2. The van der Waals surface area contributed by atoms with E-state index in [1.54, 1.807) is 0 Å². The molecule has 0 atom stereocenters. The van der Waals surface area contributed by atoms with Crippen molar-refractivity contribution in [2.75, 3.05) is 52.9 Å².